The van der Waals surface area contributed by atoms with Gasteiger partial charge in [-0.2, -0.15) is 13.2 Å². The van der Waals surface area contributed by atoms with Gasteiger partial charge in [-0.1, -0.05) is 12.1 Å². The van der Waals surface area contributed by atoms with Crippen molar-refractivity contribution >= 4 is 5.91 Å². The molecule has 0 N–H and O–H groups in total. The number of rotatable bonds is 6. The van der Waals surface area contributed by atoms with Gasteiger partial charge in [-0.25, -0.2) is 4.98 Å². The lowest BCUT2D eigenvalue weighted by Crippen LogP contribution is -2.26. The lowest BCUT2D eigenvalue weighted by Gasteiger charge is -2.14. The molecule has 0 saturated heterocycles. The Morgan fingerprint density at radius 3 is 2.75 bits per heavy atom. The molecule has 0 spiro atoms. The first-order valence-electron chi connectivity index (χ1n) is 8.23. The number of oxazole rings is 1. The molecule has 28 heavy (non-hydrogen) atoms. The topological polar surface area (TPSA) is 68.5 Å². The molecular weight excluding hydrogens is 375 g/mol. The number of carbonyl (C=O) groups excluding carboxylic acids is 1. The number of carbonyl (C=O) groups is 1. The summed E-state index contributed by atoms with van der Waals surface area (Å²) in [6, 6.07) is 9.86. The fourth-order valence-electron chi connectivity index (χ4n) is 2.38. The van der Waals surface area contributed by atoms with Crippen molar-refractivity contribution in [3.63, 3.8) is 0 Å². The zero-order chi connectivity index (χ0) is 20.1. The Bertz CT molecular complexity index is 942. The first kappa shape index (κ1) is 19.4. The molecule has 146 valence electrons. The zero-order valence-electron chi connectivity index (χ0n) is 14.8. The van der Waals surface area contributed by atoms with Gasteiger partial charge in [0.05, 0.1) is 17.8 Å². The summed E-state index contributed by atoms with van der Waals surface area (Å²) in [5, 5.41) is 0. The molecule has 0 unspecified atom stereocenters. The zero-order valence-corrected chi connectivity index (χ0v) is 14.8. The van der Waals surface area contributed by atoms with Crippen molar-refractivity contribution in [2.24, 2.45) is 0 Å². The van der Waals surface area contributed by atoms with Crippen LogP contribution in [-0.4, -0.2) is 27.8 Å². The van der Waals surface area contributed by atoms with Gasteiger partial charge in [-0.15, -0.1) is 0 Å². The van der Waals surface area contributed by atoms with Crippen LogP contribution in [0.1, 0.15) is 27.6 Å². The number of amides is 1. The summed E-state index contributed by atoms with van der Waals surface area (Å²) in [6.45, 7) is 0.0845. The van der Waals surface area contributed by atoms with Crippen LogP contribution < -0.4 is 4.74 Å². The van der Waals surface area contributed by atoms with E-state index in [1.807, 2.05) is 6.07 Å². The lowest BCUT2D eigenvalue weighted by atomic mass is 10.2. The molecule has 6 nitrogen and oxygen atoms in total. The molecule has 0 fully saturated rings. The van der Waals surface area contributed by atoms with Crippen molar-refractivity contribution in [2.45, 2.75) is 19.3 Å². The van der Waals surface area contributed by atoms with Crippen LogP contribution in [0.3, 0.4) is 0 Å². The summed E-state index contributed by atoms with van der Waals surface area (Å²) in [7, 11) is 1.60. The van der Waals surface area contributed by atoms with Crippen molar-refractivity contribution in [1.29, 1.82) is 0 Å². The molecule has 0 aliphatic carbocycles. The minimum Gasteiger partial charge on any atom is -0.484 e. The van der Waals surface area contributed by atoms with Crippen LogP contribution in [-0.2, 0) is 19.3 Å². The summed E-state index contributed by atoms with van der Waals surface area (Å²) >= 11 is 0. The molecule has 1 aromatic carbocycles. The fourth-order valence-corrected chi connectivity index (χ4v) is 2.38. The van der Waals surface area contributed by atoms with Gasteiger partial charge in [0.1, 0.15) is 12.0 Å². The Labute approximate surface area is 158 Å². The smallest absolute Gasteiger partial charge is 0.416 e. The number of aromatic nitrogens is 2. The average Bonchev–Trinajstić information content (AvgIpc) is 3.15. The summed E-state index contributed by atoms with van der Waals surface area (Å²) < 4.78 is 48.6. The van der Waals surface area contributed by atoms with Gasteiger partial charge in [-0.3, -0.25) is 9.78 Å². The number of halogens is 3. The van der Waals surface area contributed by atoms with E-state index >= 15 is 0 Å². The van der Waals surface area contributed by atoms with E-state index in [2.05, 4.69) is 9.97 Å². The first-order valence-corrected chi connectivity index (χ1v) is 8.23. The Morgan fingerprint density at radius 1 is 1.21 bits per heavy atom. The van der Waals surface area contributed by atoms with Gasteiger partial charge in [0, 0.05) is 13.2 Å². The number of benzene rings is 1. The second kappa shape index (κ2) is 8.12. The van der Waals surface area contributed by atoms with E-state index in [1.165, 1.54) is 23.3 Å². The van der Waals surface area contributed by atoms with Crippen LogP contribution in [0.15, 0.2) is 59.3 Å². The Kier molecular flexibility index (Phi) is 5.62. The van der Waals surface area contributed by atoms with E-state index in [0.717, 1.165) is 17.8 Å². The van der Waals surface area contributed by atoms with E-state index in [-0.39, 0.29) is 29.8 Å². The van der Waals surface area contributed by atoms with E-state index in [4.69, 9.17) is 9.15 Å². The fraction of sp³-hybridized carbons (Fsp3) is 0.211. The molecule has 0 aliphatic rings. The second-order valence-electron chi connectivity index (χ2n) is 5.92. The highest BCUT2D eigenvalue weighted by molar-refractivity contribution is 5.91. The van der Waals surface area contributed by atoms with Crippen LogP contribution in [0.25, 0.3) is 0 Å². The molecule has 3 rings (SSSR count). The van der Waals surface area contributed by atoms with Crippen molar-refractivity contribution in [2.75, 3.05) is 7.05 Å². The van der Waals surface area contributed by atoms with Crippen LogP contribution in [0, 0.1) is 0 Å². The predicted octanol–water partition coefficient (Wildman–Crippen LogP) is 3.94. The Balaban J connectivity index is 1.60. The molecule has 0 bridgehead atoms. The van der Waals surface area contributed by atoms with Crippen LogP contribution in [0.2, 0.25) is 0 Å². The summed E-state index contributed by atoms with van der Waals surface area (Å²) in [4.78, 5) is 22.0. The lowest BCUT2D eigenvalue weighted by molar-refractivity contribution is -0.137. The summed E-state index contributed by atoms with van der Waals surface area (Å²) in [5.41, 5.74) is -0.0274. The third-order valence-electron chi connectivity index (χ3n) is 3.77. The number of alkyl halides is 3. The number of hydrogen-bond donors (Lipinski definition) is 0. The summed E-state index contributed by atoms with van der Waals surface area (Å²) in [6.07, 6.45) is -1.64. The third kappa shape index (κ3) is 4.87. The van der Waals surface area contributed by atoms with Crippen LogP contribution in [0.5, 0.6) is 5.75 Å². The van der Waals surface area contributed by atoms with Gasteiger partial charge < -0.3 is 14.1 Å². The molecule has 2 heterocycles. The second-order valence-corrected chi connectivity index (χ2v) is 5.92. The number of pyridine rings is 1. The normalized spacial score (nSPS) is 11.3. The monoisotopic (exact) mass is 391 g/mol. The van der Waals surface area contributed by atoms with Crippen molar-refractivity contribution < 1.29 is 27.1 Å². The number of hydrogen-bond acceptors (Lipinski definition) is 5. The molecule has 2 aromatic heterocycles. The quantitative estimate of drug-likeness (QED) is 0.637. The maximum atomic E-state index is 12.7. The first-order chi connectivity index (χ1) is 13.3. The minimum absolute atomic E-state index is 0.0215. The molecular formula is C19H16F3N3O3. The van der Waals surface area contributed by atoms with E-state index in [1.54, 1.807) is 25.4 Å². The molecule has 1 amide bonds. The molecule has 0 radical (unpaired) electrons. The maximum absolute atomic E-state index is 12.7. The van der Waals surface area contributed by atoms with Gasteiger partial charge >= 0.3 is 6.18 Å². The van der Waals surface area contributed by atoms with Gasteiger partial charge in [0.15, 0.2) is 12.3 Å². The standard InChI is InChI=1S/C19H16F3N3O3/c1-25(10-14-6-2-3-8-23-14)18(26)16-11-28-17(24-16)12-27-15-7-4-5-13(9-15)19(20,21)22/h2-9,11H,10,12H2,1H3. The van der Waals surface area contributed by atoms with Gasteiger partial charge in [-0.05, 0) is 30.3 Å². The van der Waals surface area contributed by atoms with Gasteiger partial charge in [0.25, 0.3) is 5.91 Å². The van der Waals surface area contributed by atoms with E-state index in [9.17, 15) is 18.0 Å². The SMILES string of the molecule is CN(Cc1ccccn1)C(=O)c1coc(COc2cccc(C(F)(F)F)c2)n1. The number of nitrogens with zero attached hydrogens (tertiary/aromatic N) is 3. The average molecular weight is 391 g/mol. The van der Waals surface area contributed by atoms with Crippen LogP contribution in [0.4, 0.5) is 13.2 Å². The highest BCUT2D eigenvalue weighted by Crippen LogP contribution is 2.31. The van der Waals surface area contributed by atoms with Crippen molar-refractivity contribution in [3.8, 4) is 5.75 Å². The van der Waals surface area contributed by atoms with E-state index < -0.39 is 11.7 Å². The van der Waals surface area contributed by atoms with Gasteiger partial charge in [0.2, 0.25) is 5.89 Å². The Morgan fingerprint density at radius 2 is 2.04 bits per heavy atom. The number of ether oxygens (including phenoxy) is 1. The van der Waals surface area contributed by atoms with Crippen molar-refractivity contribution in [1.82, 2.24) is 14.9 Å². The molecule has 0 aliphatic heterocycles. The molecule has 0 saturated carbocycles. The highest BCUT2D eigenvalue weighted by Gasteiger charge is 2.30. The predicted molar refractivity (Wildman–Crippen MR) is 92.3 cm³/mol. The molecule has 0 atom stereocenters. The third-order valence-corrected chi connectivity index (χ3v) is 3.77. The van der Waals surface area contributed by atoms with Crippen LogP contribution >= 0.6 is 0 Å². The maximum Gasteiger partial charge on any atom is 0.416 e. The highest BCUT2D eigenvalue weighted by atomic mass is 19.4. The summed E-state index contributed by atoms with van der Waals surface area (Å²) in [5.74, 6) is -0.278. The van der Waals surface area contributed by atoms with Crippen molar-refractivity contribution in [3.05, 3.63) is 77.8 Å². The minimum atomic E-state index is -4.46. The molecule has 3 aromatic rings. The van der Waals surface area contributed by atoms with E-state index in [0.29, 0.717) is 6.54 Å². The molecule has 9 heteroatoms. The Hall–Kier alpha value is -3.36. The largest absolute Gasteiger partial charge is 0.484 e.